The standard InChI is InChI=1S/C19H21NO6S/c1-5-12-20(15-8-6-14(7-9-15)19(21)26-4)27(22,23)16-10-11-17(24-2)18(13-16)25-3/h5-11,13H,1,12H2,2-4H3. The molecule has 0 aliphatic carbocycles. The van der Waals surface area contributed by atoms with E-state index in [1.54, 1.807) is 0 Å². The summed E-state index contributed by atoms with van der Waals surface area (Å²) in [5, 5.41) is 0. The average molecular weight is 391 g/mol. The number of esters is 1. The van der Waals surface area contributed by atoms with Crippen LogP contribution in [0.2, 0.25) is 0 Å². The molecular formula is C19H21NO6S. The summed E-state index contributed by atoms with van der Waals surface area (Å²) < 4.78 is 42.5. The first-order valence-corrected chi connectivity index (χ1v) is 9.37. The van der Waals surface area contributed by atoms with Crippen molar-refractivity contribution >= 4 is 21.7 Å². The Morgan fingerprint density at radius 2 is 1.67 bits per heavy atom. The maximum Gasteiger partial charge on any atom is 0.337 e. The van der Waals surface area contributed by atoms with Crippen molar-refractivity contribution in [1.82, 2.24) is 0 Å². The van der Waals surface area contributed by atoms with Crippen LogP contribution in [0.15, 0.2) is 60.0 Å². The molecule has 0 saturated carbocycles. The van der Waals surface area contributed by atoms with Crippen LogP contribution in [0.4, 0.5) is 5.69 Å². The van der Waals surface area contributed by atoms with Crippen molar-refractivity contribution in [2.45, 2.75) is 4.90 Å². The largest absolute Gasteiger partial charge is 0.493 e. The molecule has 0 unspecified atom stereocenters. The summed E-state index contributed by atoms with van der Waals surface area (Å²) in [6.07, 6.45) is 1.48. The highest BCUT2D eigenvalue weighted by Crippen LogP contribution is 2.32. The predicted molar refractivity (Wildman–Crippen MR) is 102 cm³/mol. The molecule has 0 bridgehead atoms. The minimum atomic E-state index is -3.90. The van der Waals surface area contributed by atoms with E-state index in [-0.39, 0.29) is 11.4 Å². The van der Waals surface area contributed by atoms with Crippen LogP contribution in [-0.2, 0) is 14.8 Å². The lowest BCUT2D eigenvalue weighted by Crippen LogP contribution is -2.31. The third-order valence-electron chi connectivity index (χ3n) is 3.81. The minimum absolute atomic E-state index is 0.0408. The lowest BCUT2D eigenvalue weighted by molar-refractivity contribution is 0.0600. The van der Waals surface area contributed by atoms with Crippen LogP contribution in [0.25, 0.3) is 0 Å². The maximum atomic E-state index is 13.2. The van der Waals surface area contributed by atoms with E-state index in [4.69, 9.17) is 9.47 Å². The topological polar surface area (TPSA) is 82.1 Å². The Hall–Kier alpha value is -3.00. The van der Waals surface area contributed by atoms with Crippen molar-refractivity contribution in [3.63, 3.8) is 0 Å². The molecular weight excluding hydrogens is 370 g/mol. The number of benzene rings is 2. The SMILES string of the molecule is C=CCN(c1ccc(C(=O)OC)cc1)S(=O)(=O)c1ccc(OC)c(OC)c1. The van der Waals surface area contributed by atoms with Crippen molar-refractivity contribution in [1.29, 1.82) is 0 Å². The third kappa shape index (κ3) is 4.22. The number of carbonyl (C=O) groups excluding carboxylic acids is 1. The Balaban J connectivity index is 2.48. The van der Waals surface area contributed by atoms with E-state index in [1.165, 1.54) is 74.2 Å². The molecule has 0 atom stereocenters. The Labute approximate surface area is 158 Å². The van der Waals surface area contributed by atoms with Crippen LogP contribution >= 0.6 is 0 Å². The maximum absolute atomic E-state index is 13.2. The van der Waals surface area contributed by atoms with Crippen molar-refractivity contribution in [3.05, 3.63) is 60.7 Å². The van der Waals surface area contributed by atoms with E-state index in [0.717, 1.165) is 0 Å². The van der Waals surface area contributed by atoms with E-state index < -0.39 is 16.0 Å². The number of ether oxygens (including phenoxy) is 3. The van der Waals surface area contributed by atoms with Gasteiger partial charge in [-0.1, -0.05) is 6.08 Å². The van der Waals surface area contributed by atoms with Gasteiger partial charge in [0, 0.05) is 6.07 Å². The Morgan fingerprint density at radius 3 is 2.19 bits per heavy atom. The summed E-state index contributed by atoms with van der Waals surface area (Å²) in [6, 6.07) is 10.4. The first kappa shape index (κ1) is 20.3. The smallest absolute Gasteiger partial charge is 0.337 e. The molecule has 0 N–H and O–H groups in total. The monoisotopic (exact) mass is 391 g/mol. The van der Waals surface area contributed by atoms with Crippen LogP contribution in [0.1, 0.15) is 10.4 Å². The Kier molecular flexibility index (Phi) is 6.46. The van der Waals surface area contributed by atoms with Crippen molar-refractivity contribution in [2.75, 3.05) is 32.2 Å². The van der Waals surface area contributed by atoms with Gasteiger partial charge in [0.25, 0.3) is 10.0 Å². The second-order valence-electron chi connectivity index (χ2n) is 5.38. The zero-order valence-corrected chi connectivity index (χ0v) is 16.2. The van der Waals surface area contributed by atoms with E-state index in [0.29, 0.717) is 22.7 Å². The summed E-state index contributed by atoms with van der Waals surface area (Å²) in [7, 11) is 0.280. The second kappa shape index (κ2) is 8.59. The summed E-state index contributed by atoms with van der Waals surface area (Å²) in [5.74, 6) is 0.229. The highest BCUT2D eigenvalue weighted by Gasteiger charge is 2.25. The predicted octanol–water partition coefficient (Wildman–Crippen LogP) is 2.87. The number of methoxy groups -OCH3 is 3. The Morgan fingerprint density at radius 1 is 1.04 bits per heavy atom. The molecule has 7 nitrogen and oxygen atoms in total. The van der Waals surface area contributed by atoms with Gasteiger partial charge in [-0.25, -0.2) is 13.2 Å². The zero-order chi connectivity index (χ0) is 20.0. The van der Waals surface area contributed by atoms with Gasteiger partial charge in [0.05, 0.1) is 44.0 Å². The van der Waals surface area contributed by atoms with E-state index >= 15 is 0 Å². The van der Waals surface area contributed by atoms with Crippen LogP contribution in [0.3, 0.4) is 0 Å². The van der Waals surface area contributed by atoms with Crippen LogP contribution in [0, 0.1) is 0 Å². The van der Waals surface area contributed by atoms with Gasteiger partial charge in [-0.2, -0.15) is 0 Å². The molecule has 2 aromatic carbocycles. The molecule has 0 heterocycles. The molecule has 27 heavy (non-hydrogen) atoms. The van der Waals surface area contributed by atoms with Gasteiger partial charge in [0.1, 0.15) is 0 Å². The molecule has 0 aliphatic heterocycles. The van der Waals surface area contributed by atoms with Crippen molar-refractivity contribution in [2.24, 2.45) is 0 Å². The van der Waals surface area contributed by atoms with Crippen molar-refractivity contribution in [3.8, 4) is 11.5 Å². The number of anilines is 1. The summed E-state index contributed by atoms with van der Waals surface area (Å²) in [6.45, 7) is 3.68. The first-order chi connectivity index (χ1) is 12.9. The number of hydrogen-bond donors (Lipinski definition) is 0. The number of hydrogen-bond acceptors (Lipinski definition) is 6. The number of rotatable bonds is 8. The normalized spacial score (nSPS) is 10.8. The molecule has 0 spiro atoms. The highest BCUT2D eigenvalue weighted by molar-refractivity contribution is 7.92. The minimum Gasteiger partial charge on any atom is -0.493 e. The van der Waals surface area contributed by atoms with Gasteiger partial charge in [-0.05, 0) is 36.4 Å². The zero-order valence-electron chi connectivity index (χ0n) is 15.3. The molecule has 8 heteroatoms. The molecule has 0 aliphatic rings. The Bertz CT molecular complexity index is 922. The molecule has 0 saturated heterocycles. The molecule has 144 valence electrons. The number of sulfonamides is 1. The molecule has 0 radical (unpaired) electrons. The van der Waals surface area contributed by atoms with Gasteiger partial charge in [-0.15, -0.1) is 6.58 Å². The first-order valence-electron chi connectivity index (χ1n) is 7.93. The highest BCUT2D eigenvalue weighted by atomic mass is 32.2. The van der Waals surface area contributed by atoms with E-state index in [2.05, 4.69) is 11.3 Å². The fourth-order valence-corrected chi connectivity index (χ4v) is 3.90. The molecule has 0 aromatic heterocycles. The summed E-state index contributed by atoms with van der Waals surface area (Å²) in [5.41, 5.74) is 0.709. The lowest BCUT2D eigenvalue weighted by atomic mass is 10.2. The van der Waals surface area contributed by atoms with Crippen LogP contribution in [-0.4, -0.2) is 42.3 Å². The van der Waals surface area contributed by atoms with Crippen LogP contribution < -0.4 is 13.8 Å². The quantitative estimate of drug-likeness (QED) is 0.508. The lowest BCUT2D eigenvalue weighted by Gasteiger charge is -2.23. The second-order valence-corrected chi connectivity index (χ2v) is 7.24. The van der Waals surface area contributed by atoms with Gasteiger partial charge < -0.3 is 14.2 Å². The summed E-state index contributed by atoms with van der Waals surface area (Å²) in [4.78, 5) is 11.6. The van der Waals surface area contributed by atoms with Gasteiger partial charge in [0.2, 0.25) is 0 Å². The molecule has 0 amide bonds. The fourth-order valence-electron chi connectivity index (χ4n) is 2.45. The third-order valence-corrected chi connectivity index (χ3v) is 5.60. The van der Waals surface area contributed by atoms with E-state index in [1.807, 2.05) is 0 Å². The number of nitrogens with zero attached hydrogens (tertiary/aromatic N) is 1. The molecule has 0 fully saturated rings. The number of carbonyl (C=O) groups is 1. The molecule has 2 rings (SSSR count). The van der Waals surface area contributed by atoms with Gasteiger partial charge in [0.15, 0.2) is 11.5 Å². The van der Waals surface area contributed by atoms with E-state index in [9.17, 15) is 13.2 Å². The van der Waals surface area contributed by atoms with Crippen LogP contribution in [0.5, 0.6) is 11.5 Å². The molecule has 2 aromatic rings. The van der Waals surface area contributed by atoms with Crippen molar-refractivity contribution < 1.29 is 27.4 Å². The fraction of sp³-hybridized carbons (Fsp3) is 0.211. The average Bonchev–Trinajstić information content (AvgIpc) is 2.70. The summed E-state index contributed by atoms with van der Waals surface area (Å²) >= 11 is 0. The van der Waals surface area contributed by atoms with Gasteiger partial charge >= 0.3 is 5.97 Å². The van der Waals surface area contributed by atoms with Gasteiger partial charge in [-0.3, -0.25) is 4.31 Å².